The van der Waals surface area contributed by atoms with Gasteiger partial charge < -0.3 is 25.1 Å². The Morgan fingerprint density at radius 1 is 1.14 bits per heavy atom. The maximum absolute atomic E-state index is 11.2. The van der Waals surface area contributed by atoms with Crippen LogP contribution in [0, 0.1) is 5.41 Å². The van der Waals surface area contributed by atoms with Crippen LogP contribution in [0.15, 0.2) is 25.3 Å². The summed E-state index contributed by atoms with van der Waals surface area (Å²) in [6.07, 6.45) is 2.55. The van der Waals surface area contributed by atoms with Crippen molar-refractivity contribution >= 4 is 11.9 Å². The molecule has 0 fully saturated rings. The summed E-state index contributed by atoms with van der Waals surface area (Å²) in [6, 6.07) is 0. The molecule has 0 aliphatic heterocycles. The fourth-order valence-electron chi connectivity index (χ4n) is 1.42. The van der Waals surface area contributed by atoms with E-state index in [9.17, 15) is 14.7 Å². The summed E-state index contributed by atoms with van der Waals surface area (Å²) in [5, 5.41) is 10.5. The molecule has 0 bridgehead atoms. The summed E-state index contributed by atoms with van der Waals surface area (Å²) < 4.78 is 15.4. The molecule has 7 heteroatoms. The van der Waals surface area contributed by atoms with E-state index in [0.29, 0.717) is 13.0 Å². The molecule has 0 aromatic heterocycles. The molecular formula is C15H25NO6. The fourth-order valence-corrected chi connectivity index (χ4v) is 1.42. The van der Waals surface area contributed by atoms with Gasteiger partial charge in [0.1, 0.15) is 13.2 Å². The Morgan fingerprint density at radius 3 is 1.95 bits per heavy atom. The molecule has 0 radical (unpaired) electrons. The number of carbonyl (C=O) groups excluding carboxylic acids is 2. The van der Waals surface area contributed by atoms with Gasteiger partial charge in [-0.15, -0.1) is 0 Å². The smallest absolute Gasteiger partial charge is 0.330 e. The van der Waals surface area contributed by atoms with Gasteiger partial charge in [-0.3, -0.25) is 0 Å². The predicted molar refractivity (Wildman–Crippen MR) is 80.7 cm³/mol. The van der Waals surface area contributed by atoms with Crippen molar-refractivity contribution in [1.29, 1.82) is 0 Å². The molecule has 0 aliphatic rings. The molecule has 0 aromatic carbocycles. The van der Waals surface area contributed by atoms with E-state index in [0.717, 1.165) is 12.2 Å². The quantitative estimate of drug-likeness (QED) is 0.248. The normalized spacial score (nSPS) is 13.8. The van der Waals surface area contributed by atoms with Gasteiger partial charge in [0.15, 0.2) is 5.79 Å². The van der Waals surface area contributed by atoms with Gasteiger partial charge in [0.25, 0.3) is 0 Å². The van der Waals surface area contributed by atoms with Gasteiger partial charge in [-0.05, 0) is 26.8 Å². The molecule has 0 aliphatic carbocycles. The highest BCUT2D eigenvalue weighted by molar-refractivity contribution is 5.81. The van der Waals surface area contributed by atoms with Crippen LogP contribution in [0.25, 0.3) is 0 Å². The van der Waals surface area contributed by atoms with Gasteiger partial charge in [-0.2, -0.15) is 0 Å². The molecular weight excluding hydrogens is 290 g/mol. The van der Waals surface area contributed by atoms with Crippen molar-refractivity contribution in [3.63, 3.8) is 0 Å². The first-order chi connectivity index (χ1) is 10.2. The zero-order valence-electron chi connectivity index (χ0n) is 13.2. The standard InChI is InChI=1S/C15H25NO6/c1-5-12(17)20-10-14(3,11-21-13(18)6-2)15(4,19)22-9-7-8-16/h5-6,19H,1-2,7-11,16H2,3-4H3. The predicted octanol–water partition coefficient (Wildman–Crippen LogP) is 0.525. The maximum Gasteiger partial charge on any atom is 0.330 e. The van der Waals surface area contributed by atoms with Gasteiger partial charge in [-0.25, -0.2) is 9.59 Å². The largest absolute Gasteiger partial charge is 0.462 e. The second kappa shape index (κ2) is 9.34. The van der Waals surface area contributed by atoms with Crippen LogP contribution in [0.3, 0.4) is 0 Å². The summed E-state index contributed by atoms with van der Waals surface area (Å²) >= 11 is 0. The molecule has 0 saturated carbocycles. The number of ether oxygens (including phenoxy) is 3. The minimum Gasteiger partial charge on any atom is -0.462 e. The lowest BCUT2D eigenvalue weighted by Crippen LogP contribution is -2.52. The molecule has 0 heterocycles. The summed E-state index contributed by atoms with van der Waals surface area (Å²) in [7, 11) is 0. The first-order valence-corrected chi connectivity index (χ1v) is 6.87. The summed E-state index contributed by atoms with van der Waals surface area (Å²) in [5.41, 5.74) is 4.20. The highest BCUT2D eigenvalue weighted by Crippen LogP contribution is 2.33. The molecule has 0 spiro atoms. The zero-order chi connectivity index (χ0) is 17.2. The first-order valence-electron chi connectivity index (χ1n) is 6.87. The average molecular weight is 315 g/mol. The molecule has 0 saturated heterocycles. The van der Waals surface area contributed by atoms with E-state index in [1.807, 2.05) is 0 Å². The Hall–Kier alpha value is -1.70. The minimum atomic E-state index is -1.70. The van der Waals surface area contributed by atoms with E-state index in [4.69, 9.17) is 19.9 Å². The van der Waals surface area contributed by atoms with E-state index in [2.05, 4.69) is 13.2 Å². The van der Waals surface area contributed by atoms with Crippen molar-refractivity contribution < 1.29 is 28.9 Å². The first kappa shape index (κ1) is 20.3. The van der Waals surface area contributed by atoms with Crippen LogP contribution in [0.5, 0.6) is 0 Å². The number of carbonyl (C=O) groups is 2. The van der Waals surface area contributed by atoms with E-state index in [1.165, 1.54) is 6.92 Å². The van der Waals surface area contributed by atoms with Crippen LogP contribution in [0.4, 0.5) is 0 Å². The van der Waals surface area contributed by atoms with E-state index >= 15 is 0 Å². The number of hydrogen-bond donors (Lipinski definition) is 2. The van der Waals surface area contributed by atoms with Crippen LogP contribution in [0.1, 0.15) is 20.3 Å². The Morgan fingerprint density at radius 2 is 1.59 bits per heavy atom. The van der Waals surface area contributed by atoms with Crippen LogP contribution < -0.4 is 5.73 Å². The molecule has 22 heavy (non-hydrogen) atoms. The minimum absolute atomic E-state index is 0.212. The highest BCUT2D eigenvalue weighted by atomic mass is 16.6. The monoisotopic (exact) mass is 315 g/mol. The van der Waals surface area contributed by atoms with Gasteiger partial charge >= 0.3 is 11.9 Å². The molecule has 1 unspecified atom stereocenters. The van der Waals surface area contributed by atoms with Gasteiger partial charge in [-0.1, -0.05) is 13.2 Å². The number of esters is 2. The molecule has 3 N–H and O–H groups in total. The lowest BCUT2D eigenvalue weighted by atomic mass is 9.83. The second-order valence-electron chi connectivity index (χ2n) is 5.16. The number of nitrogens with two attached hydrogens (primary N) is 1. The van der Waals surface area contributed by atoms with E-state index in [-0.39, 0.29) is 19.8 Å². The van der Waals surface area contributed by atoms with Crippen molar-refractivity contribution in [3.05, 3.63) is 25.3 Å². The van der Waals surface area contributed by atoms with E-state index < -0.39 is 23.1 Å². The lowest BCUT2D eigenvalue weighted by molar-refractivity contribution is -0.276. The summed E-state index contributed by atoms with van der Waals surface area (Å²) in [6.45, 7) is 9.73. The average Bonchev–Trinajstić information content (AvgIpc) is 2.49. The molecule has 7 nitrogen and oxygen atoms in total. The zero-order valence-corrected chi connectivity index (χ0v) is 13.2. The molecule has 1 atom stereocenters. The number of rotatable bonds is 11. The molecule has 126 valence electrons. The SMILES string of the molecule is C=CC(=O)OCC(C)(COC(=O)C=C)C(C)(O)OCCCN. The third-order valence-corrected chi connectivity index (χ3v) is 3.25. The van der Waals surface area contributed by atoms with Crippen LogP contribution in [0.2, 0.25) is 0 Å². The van der Waals surface area contributed by atoms with Crippen LogP contribution in [-0.4, -0.2) is 49.2 Å². The Bertz CT molecular complexity index is 381. The Labute approximate surface area is 130 Å². The Balaban J connectivity index is 5.01. The second-order valence-corrected chi connectivity index (χ2v) is 5.16. The van der Waals surface area contributed by atoms with Gasteiger partial charge in [0.2, 0.25) is 0 Å². The fraction of sp³-hybridized carbons (Fsp3) is 0.600. The van der Waals surface area contributed by atoms with Crippen LogP contribution >= 0.6 is 0 Å². The van der Waals surface area contributed by atoms with Crippen LogP contribution in [-0.2, 0) is 23.8 Å². The highest BCUT2D eigenvalue weighted by Gasteiger charge is 2.47. The summed E-state index contributed by atoms with van der Waals surface area (Å²) in [5.74, 6) is -3.01. The molecule has 0 aromatic rings. The lowest BCUT2D eigenvalue weighted by Gasteiger charge is -2.41. The molecule has 0 amide bonds. The van der Waals surface area contributed by atoms with Crippen molar-refractivity contribution in [2.75, 3.05) is 26.4 Å². The van der Waals surface area contributed by atoms with Crippen molar-refractivity contribution in [2.45, 2.75) is 26.1 Å². The van der Waals surface area contributed by atoms with Gasteiger partial charge in [0.05, 0.1) is 12.0 Å². The number of aliphatic hydroxyl groups is 1. The van der Waals surface area contributed by atoms with Gasteiger partial charge in [0, 0.05) is 12.2 Å². The van der Waals surface area contributed by atoms with Crippen molar-refractivity contribution in [2.24, 2.45) is 11.1 Å². The Kier molecular flexibility index (Phi) is 8.62. The molecule has 0 rings (SSSR count). The third kappa shape index (κ3) is 6.38. The number of hydrogen-bond acceptors (Lipinski definition) is 7. The third-order valence-electron chi connectivity index (χ3n) is 3.25. The van der Waals surface area contributed by atoms with Crippen molar-refractivity contribution in [3.8, 4) is 0 Å². The van der Waals surface area contributed by atoms with E-state index in [1.54, 1.807) is 6.92 Å². The topological polar surface area (TPSA) is 108 Å². The van der Waals surface area contributed by atoms with Crippen molar-refractivity contribution in [1.82, 2.24) is 0 Å². The maximum atomic E-state index is 11.2. The summed E-state index contributed by atoms with van der Waals surface area (Å²) in [4.78, 5) is 22.5.